The Labute approximate surface area is 148 Å². The van der Waals surface area contributed by atoms with E-state index in [2.05, 4.69) is 10.9 Å². The van der Waals surface area contributed by atoms with E-state index in [1.54, 1.807) is 6.07 Å². The van der Waals surface area contributed by atoms with Crippen molar-refractivity contribution in [2.45, 2.75) is 6.18 Å². The van der Waals surface area contributed by atoms with Crippen LogP contribution < -0.4 is 10.9 Å². The van der Waals surface area contributed by atoms with Gasteiger partial charge in [0.05, 0.1) is 26.5 Å². The fraction of sp³-hybridized carbons (Fsp3) is 0.0667. The molecule has 24 heavy (non-hydrogen) atoms. The number of hydrogen-bond acceptors (Lipinski definition) is 4. The van der Waals surface area contributed by atoms with Crippen LogP contribution in [0.15, 0.2) is 36.4 Å². The second-order valence-corrected chi connectivity index (χ2v) is 5.78. The second kappa shape index (κ2) is 6.96. The van der Waals surface area contributed by atoms with Gasteiger partial charge in [0, 0.05) is 5.56 Å². The maximum absolute atomic E-state index is 13.0. The molecule has 124 valence electrons. The van der Waals surface area contributed by atoms with Crippen LogP contribution in [0.25, 0.3) is 0 Å². The van der Waals surface area contributed by atoms with E-state index in [0.717, 1.165) is 6.07 Å². The van der Waals surface area contributed by atoms with Crippen LogP contribution in [0.1, 0.15) is 21.5 Å². The van der Waals surface area contributed by atoms with Gasteiger partial charge in [0.1, 0.15) is 5.75 Å². The standard InChI is InChI=1S/C15H9F3IN3O2/c16-15(17,18)10-5-8(7-20)1-4-12(10)21-22-14(24)9-2-3-11(19)13(23)6-9/h1-6,21,23H,(H,22,24). The smallest absolute Gasteiger partial charge is 0.418 e. The largest absolute Gasteiger partial charge is 0.507 e. The fourth-order valence-corrected chi connectivity index (χ4v) is 2.14. The van der Waals surface area contributed by atoms with Crippen molar-refractivity contribution in [2.75, 3.05) is 5.43 Å². The van der Waals surface area contributed by atoms with Gasteiger partial charge in [0.15, 0.2) is 0 Å². The highest BCUT2D eigenvalue weighted by Gasteiger charge is 2.34. The number of hydrogen-bond donors (Lipinski definition) is 3. The Bertz CT molecular complexity index is 832. The third-order valence-corrected chi connectivity index (χ3v) is 3.89. The molecule has 0 aromatic heterocycles. The molecule has 0 atom stereocenters. The number of benzene rings is 2. The predicted octanol–water partition coefficient (Wildman–Crippen LogP) is 3.64. The summed E-state index contributed by atoms with van der Waals surface area (Å²) >= 11 is 1.87. The van der Waals surface area contributed by atoms with E-state index < -0.39 is 23.3 Å². The van der Waals surface area contributed by atoms with E-state index in [-0.39, 0.29) is 16.9 Å². The summed E-state index contributed by atoms with van der Waals surface area (Å²) in [4.78, 5) is 11.9. The lowest BCUT2D eigenvalue weighted by molar-refractivity contribution is -0.137. The normalized spacial score (nSPS) is 10.8. The molecule has 0 unspecified atom stereocenters. The van der Waals surface area contributed by atoms with Crippen molar-refractivity contribution in [2.24, 2.45) is 0 Å². The summed E-state index contributed by atoms with van der Waals surface area (Å²) in [6, 6.07) is 8.66. The van der Waals surface area contributed by atoms with Gasteiger partial charge in [-0.15, -0.1) is 0 Å². The lowest BCUT2D eigenvalue weighted by Gasteiger charge is -2.15. The second-order valence-electron chi connectivity index (χ2n) is 4.62. The van der Waals surface area contributed by atoms with Crippen LogP contribution in [0.3, 0.4) is 0 Å². The molecule has 0 aliphatic heterocycles. The molecule has 5 nitrogen and oxygen atoms in total. The van der Waals surface area contributed by atoms with Gasteiger partial charge in [-0.1, -0.05) is 0 Å². The number of amides is 1. The number of phenols is 1. The van der Waals surface area contributed by atoms with Gasteiger partial charge in [0.2, 0.25) is 0 Å². The van der Waals surface area contributed by atoms with Gasteiger partial charge in [-0.3, -0.25) is 15.6 Å². The maximum atomic E-state index is 13.0. The zero-order valence-electron chi connectivity index (χ0n) is 11.8. The SMILES string of the molecule is N#Cc1ccc(NNC(=O)c2ccc(I)c(O)c2)c(C(F)(F)F)c1. The molecule has 3 N–H and O–H groups in total. The van der Waals surface area contributed by atoms with Crippen molar-refractivity contribution in [3.63, 3.8) is 0 Å². The number of nitriles is 1. The zero-order chi connectivity index (χ0) is 17.9. The fourth-order valence-electron chi connectivity index (χ4n) is 1.81. The molecule has 0 aliphatic rings. The summed E-state index contributed by atoms with van der Waals surface area (Å²) in [6.45, 7) is 0. The van der Waals surface area contributed by atoms with Crippen LogP contribution in [-0.2, 0) is 6.18 Å². The van der Waals surface area contributed by atoms with Gasteiger partial charge in [0.25, 0.3) is 5.91 Å². The van der Waals surface area contributed by atoms with Crippen LogP contribution in [-0.4, -0.2) is 11.0 Å². The Morgan fingerprint density at radius 3 is 2.50 bits per heavy atom. The molecular weight excluding hydrogens is 438 g/mol. The van der Waals surface area contributed by atoms with Crippen LogP contribution in [0.5, 0.6) is 5.75 Å². The predicted molar refractivity (Wildman–Crippen MR) is 88.1 cm³/mol. The Balaban J connectivity index is 2.21. The van der Waals surface area contributed by atoms with E-state index in [1.807, 2.05) is 22.6 Å². The molecule has 0 fully saturated rings. The van der Waals surface area contributed by atoms with E-state index in [4.69, 9.17) is 5.26 Å². The van der Waals surface area contributed by atoms with Gasteiger partial charge in [-0.2, -0.15) is 18.4 Å². The third kappa shape index (κ3) is 4.08. The highest BCUT2D eigenvalue weighted by molar-refractivity contribution is 14.1. The minimum Gasteiger partial charge on any atom is -0.507 e. The van der Waals surface area contributed by atoms with Gasteiger partial charge in [-0.05, 0) is 59.0 Å². The minimum absolute atomic E-state index is 0.0719. The van der Waals surface area contributed by atoms with Crippen molar-refractivity contribution in [3.8, 4) is 11.8 Å². The molecule has 1 amide bonds. The number of alkyl halides is 3. The number of carbonyl (C=O) groups excluding carboxylic acids is 1. The number of aromatic hydroxyl groups is 1. The van der Waals surface area contributed by atoms with Crippen molar-refractivity contribution >= 4 is 34.2 Å². The number of phenolic OH excluding ortho intramolecular Hbond substituents is 1. The average molecular weight is 447 g/mol. The minimum atomic E-state index is -4.69. The Kier molecular flexibility index (Phi) is 5.18. The van der Waals surface area contributed by atoms with Crippen molar-refractivity contribution in [1.29, 1.82) is 5.26 Å². The number of rotatable bonds is 3. The van der Waals surface area contributed by atoms with Crippen LogP contribution in [0.2, 0.25) is 0 Å². The highest BCUT2D eigenvalue weighted by Crippen LogP contribution is 2.35. The molecule has 0 bridgehead atoms. The summed E-state index contributed by atoms with van der Waals surface area (Å²) in [5.41, 5.74) is 2.76. The quantitative estimate of drug-likeness (QED) is 0.496. The number of anilines is 1. The zero-order valence-corrected chi connectivity index (χ0v) is 13.9. The van der Waals surface area contributed by atoms with Gasteiger partial charge < -0.3 is 5.11 Å². The molecular formula is C15H9F3IN3O2. The number of nitrogens with zero attached hydrogens (tertiary/aromatic N) is 1. The van der Waals surface area contributed by atoms with Crippen LogP contribution in [0, 0.1) is 14.9 Å². The van der Waals surface area contributed by atoms with Gasteiger partial charge in [-0.25, -0.2) is 0 Å². The van der Waals surface area contributed by atoms with Crippen LogP contribution >= 0.6 is 22.6 Å². The van der Waals surface area contributed by atoms with Crippen molar-refractivity contribution in [3.05, 3.63) is 56.7 Å². The number of carbonyl (C=O) groups is 1. The number of hydrazine groups is 1. The Hall–Kier alpha value is -2.48. The first kappa shape index (κ1) is 17.9. The monoisotopic (exact) mass is 447 g/mol. The molecule has 0 spiro atoms. The van der Waals surface area contributed by atoms with E-state index >= 15 is 0 Å². The lowest BCUT2D eigenvalue weighted by Crippen LogP contribution is -2.30. The summed E-state index contributed by atoms with van der Waals surface area (Å²) in [5.74, 6) is -0.836. The molecule has 2 aromatic rings. The molecule has 0 saturated heterocycles. The third-order valence-electron chi connectivity index (χ3n) is 2.97. The molecule has 2 rings (SSSR count). The Morgan fingerprint density at radius 1 is 1.21 bits per heavy atom. The van der Waals surface area contributed by atoms with Gasteiger partial charge >= 0.3 is 6.18 Å². The Morgan fingerprint density at radius 2 is 1.92 bits per heavy atom. The number of halogens is 4. The average Bonchev–Trinajstić information content (AvgIpc) is 2.54. The van der Waals surface area contributed by atoms with Crippen molar-refractivity contribution < 1.29 is 23.1 Å². The molecule has 0 heterocycles. The molecule has 0 saturated carbocycles. The van der Waals surface area contributed by atoms with E-state index in [1.165, 1.54) is 24.3 Å². The highest BCUT2D eigenvalue weighted by atomic mass is 127. The van der Waals surface area contributed by atoms with Crippen molar-refractivity contribution in [1.82, 2.24) is 5.43 Å². The summed E-state index contributed by atoms with van der Waals surface area (Å²) in [7, 11) is 0. The first-order valence-electron chi connectivity index (χ1n) is 6.38. The topological polar surface area (TPSA) is 85.2 Å². The lowest BCUT2D eigenvalue weighted by atomic mass is 10.1. The first-order valence-corrected chi connectivity index (χ1v) is 7.46. The number of nitrogens with one attached hydrogen (secondary N) is 2. The molecule has 0 aliphatic carbocycles. The summed E-state index contributed by atoms with van der Waals surface area (Å²) in [5, 5.41) is 18.3. The first-order chi connectivity index (χ1) is 11.2. The molecule has 9 heteroatoms. The van der Waals surface area contributed by atoms with Crippen LogP contribution in [0.4, 0.5) is 18.9 Å². The molecule has 0 radical (unpaired) electrons. The molecule has 2 aromatic carbocycles. The maximum Gasteiger partial charge on any atom is 0.418 e. The van der Waals surface area contributed by atoms with E-state index in [0.29, 0.717) is 9.64 Å². The summed E-state index contributed by atoms with van der Waals surface area (Å²) in [6.07, 6.45) is -4.69. The van der Waals surface area contributed by atoms with E-state index in [9.17, 15) is 23.1 Å². The summed E-state index contributed by atoms with van der Waals surface area (Å²) < 4.78 is 39.6.